The molecule has 2 rings (SSSR count). The Morgan fingerprint density at radius 3 is 2.58 bits per heavy atom. The predicted octanol–water partition coefficient (Wildman–Crippen LogP) is 2.10. The van der Waals surface area contributed by atoms with Crippen molar-refractivity contribution in [3.63, 3.8) is 0 Å². The first-order chi connectivity index (χ1) is 11.6. The number of benzene rings is 1. The molecule has 126 valence electrons. The van der Waals surface area contributed by atoms with Crippen molar-refractivity contribution in [3.05, 3.63) is 54.0 Å². The average molecular weight is 329 g/mol. The third kappa shape index (κ3) is 5.28. The summed E-state index contributed by atoms with van der Waals surface area (Å²) in [5.74, 6) is 0.285. The van der Waals surface area contributed by atoms with Gasteiger partial charge in [0.15, 0.2) is 5.76 Å². The highest BCUT2D eigenvalue weighted by Gasteiger charge is 2.08. The van der Waals surface area contributed by atoms with Crippen molar-refractivity contribution in [2.24, 2.45) is 5.10 Å². The van der Waals surface area contributed by atoms with E-state index in [4.69, 9.17) is 9.15 Å². The van der Waals surface area contributed by atoms with E-state index in [2.05, 4.69) is 15.8 Å². The molecule has 24 heavy (non-hydrogen) atoms. The largest absolute Gasteiger partial charge is 0.497 e. The summed E-state index contributed by atoms with van der Waals surface area (Å²) >= 11 is 0. The lowest BCUT2D eigenvalue weighted by Crippen LogP contribution is -2.26. The maximum atomic E-state index is 11.9. The summed E-state index contributed by atoms with van der Waals surface area (Å²) in [6.45, 7) is 2.07. The number of amides is 2. The number of carbonyl (C=O) groups excluding carboxylic acids is 2. The molecule has 0 fully saturated rings. The van der Waals surface area contributed by atoms with E-state index in [0.29, 0.717) is 12.3 Å². The molecular formula is C17H19N3O4. The molecule has 7 nitrogen and oxygen atoms in total. The van der Waals surface area contributed by atoms with Gasteiger partial charge < -0.3 is 14.5 Å². The fourth-order valence-electron chi connectivity index (χ4n) is 1.89. The molecule has 0 aliphatic carbocycles. The topological polar surface area (TPSA) is 92.9 Å². The van der Waals surface area contributed by atoms with Gasteiger partial charge in [-0.2, -0.15) is 5.10 Å². The predicted molar refractivity (Wildman–Crippen MR) is 88.7 cm³/mol. The lowest BCUT2D eigenvalue weighted by atomic mass is 10.2. The molecule has 2 N–H and O–H groups in total. The van der Waals surface area contributed by atoms with E-state index in [1.54, 1.807) is 20.1 Å². The molecule has 7 heteroatoms. The van der Waals surface area contributed by atoms with Crippen molar-refractivity contribution < 1.29 is 18.7 Å². The van der Waals surface area contributed by atoms with Gasteiger partial charge in [-0.05, 0) is 36.8 Å². The number of nitrogens with one attached hydrogen (secondary N) is 2. The number of nitrogens with zero attached hydrogens (tertiary/aromatic N) is 1. The lowest BCUT2D eigenvalue weighted by molar-refractivity contribution is -0.120. The molecule has 2 amide bonds. The fourth-order valence-corrected chi connectivity index (χ4v) is 1.89. The monoisotopic (exact) mass is 329 g/mol. The van der Waals surface area contributed by atoms with Crippen LogP contribution in [0, 0.1) is 0 Å². The van der Waals surface area contributed by atoms with Crippen LogP contribution in [-0.2, 0) is 11.3 Å². The number of hydrogen-bond donors (Lipinski definition) is 2. The molecule has 0 saturated heterocycles. The number of hydrazone groups is 1. The Morgan fingerprint density at radius 1 is 1.21 bits per heavy atom. The quantitative estimate of drug-likeness (QED) is 0.601. The third-order valence-corrected chi connectivity index (χ3v) is 3.16. The van der Waals surface area contributed by atoms with Crippen LogP contribution in [0.5, 0.6) is 5.75 Å². The molecule has 0 radical (unpaired) electrons. The summed E-state index contributed by atoms with van der Waals surface area (Å²) in [6.07, 6.45) is 1.49. The first kappa shape index (κ1) is 17.3. The maximum Gasteiger partial charge on any atom is 0.307 e. The smallest absolute Gasteiger partial charge is 0.307 e. The third-order valence-electron chi connectivity index (χ3n) is 3.16. The van der Waals surface area contributed by atoms with Crippen molar-refractivity contribution in [3.8, 4) is 5.75 Å². The van der Waals surface area contributed by atoms with Crippen molar-refractivity contribution >= 4 is 17.5 Å². The van der Waals surface area contributed by atoms with Crippen LogP contribution in [0.25, 0.3) is 0 Å². The van der Waals surface area contributed by atoms with Crippen LogP contribution in [0.2, 0.25) is 0 Å². The number of carbonyl (C=O) groups is 2. The molecule has 2 aromatic rings. The fraction of sp³-hybridized carbons (Fsp3) is 0.235. The summed E-state index contributed by atoms with van der Waals surface area (Å²) in [7, 11) is 1.60. The van der Waals surface area contributed by atoms with Crippen LogP contribution < -0.4 is 15.5 Å². The first-order valence-corrected chi connectivity index (χ1v) is 7.35. The first-order valence-electron chi connectivity index (χ1n) is 7.35. The van der Waals surface area contributed by atoms with Crippen molar-refractivity contribution in [1.82, 2.24) is 10.7 Å². The van der Waals surface area contributed by atoms with Crippen LogP contribution >= 0.6 is 0 Å². The number of ether oxygens (including phenoxy) is 1. The van der Waals surface area contributed by atoms with Gasteiger partial charge in [-0.15, -0.1) is 0 Å². The van der Waals surface area contributed by atoms with E-state index >= 15 is 0 Å². The number of methoxy groups -OCH3 is 1. The maximum absolute atomic E-state index is 11.9. The van der Waals surface area contributed by atoms with Gasteiger partial charge in [0.1, 0.15) is 5.75 Å². The highest BCUT2D eigenvalue weighted by atomic mass is 16.5. The Morgan fingerprint density at radius 2 is 1.96 bits per heavy atom. The molecule has 0 aliphatic rings. The Bertz CT molecular complexity index is 706. The molecule has 0 saturated carbocycles. The normalized spacial score (nSPS) is 11.0. The highest BCUT2D eigenvalue weighted by Crippen LogP contribution is 2.10. The van der Waals surface area contributed by atoms with Crippen molar-refractivity contribution in [2.75, 3.05) is 7.11 Å². The van der Waals surface area contributed by atoms with Gasteiger partial charge >= 0.3 is 5.91 Å². The molecule has 1 heterocycles. The van der Waals surface area contributed by atoms with Crippen LogP contribution in [0.15, 0.2) is 52.2 Å². The molecule has 0 atom stereocenters. The molecule has 0 bridgehead atoms. The van der Waals surface area contributed by atoms with Gasteiger partial charge in [0.05, 0.1) is 19.8 Å². The zero-order valence-corrected chi connectivity index (χ0v) is 13.5. The zero-order chi connectivity index (χ0) is 17.4. The Kier molecular flexibility index (Phi) is 6.13. The van der Waals surface area contributed by atoms with Gasteiger partial charge in [-0.1, -0.05) is 12.1 Å². The molecule has 0 aliphatic heterocycles. The summed E-state index contributed by atoms with van der Waals surface area (Å²) < 4.78 is 10.0. The second kappa shape index (κ2) is 8.52. The van der Waals surface area contributed by atoms with Crippen LogP contribution in [-0.4, -0.2) is 24.6 Å². The lowest BCUT2D eigenvalue weighted by Gasteiger charge is -2.06. The van der Waals surface area contributed by atoms with E-state index < -0.39 is 5.91 Å². The minimum Gasteiger partial charge on any atom is -0.497 e. The van der Waals surface area contributed by atoms with Crippen molar-refractivity contribution in [1.29, 1.82) is 0 Å². The summed E-state index contributed by atoms with van der Waals surface area (Å²) in [5.41, 5.74) is 3.79. The van der Waals surface area contributed by atoms with Gasteiger partial charge in [-0.3, -0.25) is 9.59 Å². The molecule has 0 unspecified atom stereocenters. The Labute approximate surface area is 139 Å². The van der Waals surface area contributed by atoms with E-state index in [1.165, 1.54) is 12.3 Å². The summed E-state index contributed by atoms with van der Waals surface area (Å²) in [4.78, 5) is 23.5. The summed E-state index contributed by atoms with van der Waals surface area (Å²) in [5, 5.41) is 6.67. The van der Waals surface area contributed by atoms with Gasteiger partial charge in [0.25, 0.3) is 0 Å². The average Bonchev–Trinajstić information content (AvgIpc) is 3.13. The second-order valence-corrected chi connectivity index (χ2v) is 5.07. The number of furan rings is 1. The SMILES string of the molecule is COc1ccc(CNC(=O)C/C(C)=N\NC(=O)c2ccco2)cc1. The van der Waals surface area contributed by atoms with Crippen LogP contribution in [0.4, 0.5) is 0 Å². The molecular weight excluding hydrogens is 310 g/mol. The zero-order valence-electron chi connectivity index (χ0n) is 13.5. The van der Waals surface area contributed by atoms with Gasteiger partial charge in [-0.25, -0.2) is 5.43 Å². The number of rotatable bonds is 7. The van der Waals surface area contributed by atoms with E-state index in [0.717, 1.165) is 11.3 Å². The summed E-state index contributed by atoms with van der Waals surface area (Å²) in [6, 6.07) is 10.6. The Hall–Kier alpha value is -3.09. The minimum absolute atomic E-state index is 0.0919. The molecule has 1 aromatic heterocycles. The Balaban J connectivity index is 1.76. The van der Waals surface area contributed by atoms with Crippen molar-refractivity contribution in [2.45, 2.75) is 19.9 Å². The van der Waals surface area contributed by atoms with Crippen LogP contribution in [0.1, 0.15) is 29.5 Å². The molecule has 0 spiro atoms. The van der Waals surface area contributed by atoms with E-state index in [9.17, 15) is 9.59 Å². The van der Waals surface area contributed by atoms with E-state index in [-0.39, 0.29) is 18.1 Å². The number of hydrogen-bond acceptors (Lipinski definition) is 5. The van der Waals surface area contributed by atoms with E-state index in [1.807, 2.05) is 24.3 Å². The van der Waals surface area contributed by atoms with Gasteiger partial charge in [0.2, 0.25) is 5.91 Å². The minimum atomic E-state index is -0.460. The molecule has 1 aromatic carbocycles. The second-order valence-electron chi connectivity index (χ2n) is 5.07. The standard InChI is InChI=1S/C17H19N3O4/c1-12(19-20-17(22)15-4-3-9-24-15)10-16(21)18-11-13-5-7-14(23-2)8-6-13/h3-9H,10-11H2,1-2H3,(H,18,21)(H,20,22)/b19-12-. The van der Waals surface area contributed by atoms with Crippen LogP contribution in [0.3, 0.4) is 0 Å². The van der Waals surface area contributed by atoms with Gasteiger partial charge in [0, 0.05) is 12.3 Å². The highest BCUT2D eigenvalue weighted by molar-refractivity contribution is 6.00.